The van der Waals surface area contributed by atoms with Crippen molar-refractivity contribution in [2.75, 3.05) is 34.0 Å². The topological polar surface area (TPSA) is 132 Å². The maximum atomic E-state index is 12.8. The summed E-state index contributed by atoms with van der Waals surface area (Å²) in [5, 5.41) is 5.61. The molecule has 15 heteroatoms. The molecule has 2 atom stereocenters. The maximum absolute atomic E-state index is 12.8. The maximum Gasteiger partial charge on any atom is 0.472 e. The molecule has 0 aliphatic rings. The summed E-state index contributed by atoms with van der Waals surface area (Å²) >= 11 is 8.79. The fourth-order valence-electron chi connectivity index (χ4n) is 3.62. The first-order valence-electron chi connectivity index (χ1n) is 12.6. The van der Waals surface area contributed by atoms with Crippen molar-refractivity contribution in [2.24, 2.45) is 0 Å². The van der Waals surface area contributed by atoms with Crippen LogP contribution in [0, 0.1) is 14.3 Å². The lowest BCUT2D eigenvalue weighted by molar-refractivity contribution is -0.123. The van der Waals surface area contributed by atoms with Gasteiger partial charge in [-0.2, -0.15) is 0 Å². The summed E-state index contributed by atoms with van der Waals surface area (Å²) < 4.78 is 36.8. The normalized spacial score (nSPS) is 13.3. The Morgan fingerprint density at radius 2 is 1.32 bits per heavy atom. The van der Waals surface area contributed by atoms with Crippen LogP contribution < -0.4 is 20.1 Å². The molecule has 0 saturated heterocycles. The Hall–Kier alpha value is 0.01000. The van der Waals surface area contributed by atoms with Gasteiger partial charge in [0.2, 0.25) is 11.8 Å². The highest BCUT2D eigenvalue weighted by Gasteiger charge is 2.24. The quantitative estimate of drug-likeness (QED) is 0.133. The largest absolute Gasteiger partial charge is 0.495 e. The molecule has 0 aromatic heterocycles. The third-order valence-electron chi connectivity index (χ3n) is 5.61. The van der Waals surface area contributed by atoms with Gasteiger partial charge in [-0.25, -0.2) is 4.57 Å². The average molecular weight is 1040 g/mol. The van der Waals surface area contributed by atoms with E-state index >= 15 is 0 Å². The van der Waals surface area contributed by atoms with Crippen molar-refractivity contribution in [1.82, 2.24) is 10.6 Å². The number of nitrogens with one attached hydrogen (secondary N) is 2. The number of phosphoric acid groups is 1. The number of carbonyl (C=O) groups excluding carboxylic acids is 2. The summed E-state index contributed by atoms with van der Waals surface area (Å²) in [5.41, 5.74) is 1.98. The van der Waals surface area contributed by atoms with Gasteiger partial charge in [-0.05, 0) is 145 Å². The Labute approximate surface area is 295 Å². The van der Waals surface area contributed by atoms with Gasteiger partial charge in [-0.15, -0.1) is 0 Å². The lowest BCUT2D eigenvalue weighted by Gasteiger charge is -2.21. The van der Waals surface area contributed by atoms with Crippen molar-refractivity contribution in [3.63, 3.8) is 0 Å². The molecule has 0 spiro atoms. The smallest absolute Gasteiger partial charge is 0.472 e. The van der Waals surface area contributed by atoms with E-state index in [4.69, 9.17) is 18.5 Å². The number of hydrogen-bond donors (Lipinski definition) is 3. The van der Waals surface area contributed by atoms with E-state index in [1.165, 1.54) is 0 Å². The highest BCUT2D eigenvalue weighted by molar-refractivity contribution is 14.1. The zero-order chi connectivity index (χ0) is 30.6. The third kappa shape index (κ3) is 13.3. The second kappa shape index (κ2) is 18.7. The molecule has 2 rings (SSSR count). The van der Waals surface area contributed by atoms with Gasteiger partial charge in [0.15, 0.2) is 0 Å². The Morgan fingerprint density at radius 1 is 0.854 bits per heavy atom. The van der Waals surface area contributed by atoms with Crippen LogP contribution in [0.25, 0.3) is 0 Å². The Kier molecular flexibility index (Phi) is 17.0. The van der Waals surface area contributed by atoms with E-state index in [1.54, 1.807) is 21.1 Å². The zero-order valence-electron chi connectivity index (χ0n) is 22.8. The number of phosphoric ester groups is 1. The average Bonchev–Trinajstić information content (AvgIpc) is 2.91. The predicted molar refractivity (Wildman–Crippen MR) is 190 cm³/mol. The minimum atomic E-state index is -4.29. The molecule has 2 aromatic carbocycles. The molecule has 10 nitrogen and oxygen atoms in total. The summed E-state index contributed by atoms with van der Waals surface area (Å²) in [5.74, 6) is 1.10. The highest BCUT2D eigenvalue weighted by atomic mass is 127. The summed E-state index contributed by atoms with van der Waals surface area (Å²) in [6.07, 6.45) is 1.96. The van der Waals surface area contributed by atoms with Gasteiger partial charge in [-0.3, -0.25) is 18.6 Å². The van der Waals surface area contributed by atoms with Crippen LogP contribution in [0.1, 0.15) is 37.3 Å². The second-order valence-corrected chi connectivity index (χ2v) is 15.0. The third-order valence-corrected chi connectivity index (χ3v) is 9.80. The number of halogens is 4. The van der Waals surface area contributed by atoms with E-state index in [1.807, 2.05) is 24.3 Å². The molecule has 228 valence electrons. The molecule has 0 aliphatic heterocycles. The minimum Gasteiger partial charge on any atom is -0.495 e. The zero-order valence-corrected chi connectivity index (χ0v) is 32.3. The van der Waals surface area contributed by atoms with E-state index in [0.29, 0.717) is 19.3 Å². The number of amides is 2. The summed E-state index contributed by atoms with van der Waals surface area (Å²) in [6, 6.07) is 7.15. The van der Waals surface area contributed by atoms with E-state index in [9.17, 15) is 19.0 Å². The lowest BCUT2D eigenvalue weighted by Crippen LogP contribution is -2.46. The molecule has 0 bridgehead atoms. The molecule has 0 saturated carbocycles. The minimum absolute atomic E-state index is 0.0222. The van der Waals surface area contributed by atoms with Crippen molar-refractivity contribution < 1.29 is 37.6 Å². The van der Waals surface area contributed by atoms with E-state index in [0.717, 1.165) is 36.9 Å². The Balaban J connectivity index is 1.98. The second-order valence-electron chi connectivity index (χ2n) is 8.85. The molecule has 3 N–H and O–H groups in total. The fraction of sp³-hybridized carbons (Fsp3) is 0.462. The first kappa shape index (κ1) is 37.2. The highest BCUT2D eigenvalue weighted by Crippen LogP contribution is 2.43. The summed E-state index contributed by atoms with van der Waals surface area (Å²) in [4.78, 5) is 35.4. The molecule has 0 heterocycles. The number of hydrogen-bond acceptors (Lipinski definition) is 7. The van der Waals surface area contributed by atoms with Crippen molar-refractivity contribution in [3.8, 4) is 11.5 Å². The monoisotopic (exact) mass is 1040 g/mol. The molecule has 0 aliphatic carbocycles. The van der Waals surface area contributed by atoms with Crippen molar-refractivity contribution in [3.05, 3.63) is 49.7 Å². The molecular formula is C26H33I4N2O8P. The number of carbonyl (C=O) groups is 2. The van der Waals surface area contributed by atoms with Gasteiger partial charge in [0.05, 0.1) is 47.8 Å². The first-order valence-corrected chi connectivity index (χ1v) is 18.4. The number of methoxy groups -OCH3 is 2. The van der Waals surface area contributed by atoms with Crippen molar-refractivity contribution >= 4 is 110 Å². The summed E-state index contributed by atoms with van der Waals surface area (Å²) in [7, 11) is -1.05. The fourth-order valence-corrected chi connectivity index (χ4v) is 9.16. The molecule has 0 radical (unpaired) electrons. The molecule has 2 aromatic rings. The van der Waals surface area contributed by atoms with Gasteiger partial charge in [0.25, 0.3) is 0 Å². The van der Waals surface area contributed by atoms with Crippen molar-refractivity contribution in [2.45, 2.75) is 45.1 Å². The van der Waals surface area contributed by atoms with Crippen LogP contribution in [-0.4, -0.2) is 56.7 Å². The molecule has 0 fully saturated rings. The van der Waals surface area contributed by atoms with Gasteiger partial charge in [0, 0.05) is 19.4 Å². The van der Waals surface area contributed by atoms with Gasteiger partial charge >= 0.3 is 7.82 Å². The van der Waals surface area contributed by atoms with E-state index < -0.39 is 13.9 Å². The SMILES string of the molecule is CCCOP(=O)(O)OC[C@@H](CNC(=O)CCc1cc(I)c(OC)c(I)c1)NC(=O)CCc1cc(I)c(OC)c(I)c1. The summed E-state index contributed by atoms with van der Waals surface area (Å²) in [6.45, 7) is 1.58. The molecule has 2 amide bonds. The van der Waals surface area contributed by atoms with Gasteiger partial charge in [0.1, 0.15) is 11.5 Å². The number of benzene rings is 2. The van der Waals surface area contributed by atoms with Crippen LogP contribution in [0.4, 0.5) is 0 Å². The van der Waals surface area contributed by atoms with E-state index in [-0.39, 0.29) is 44.4 Å². The Bertz CT molecular complexity index is 1200. The lowest BCUT2D eigenvalue weighted by atomic mass is 10.1. The number of aryl methyl sites for hydroxylation is 2. The van der Waals surface area contributed by atoms with Crippen molar-refractivity contribution in [1.29, 1.82) is 0 Å². The molecular weight excluding hydrogens is 1010 g/mol. The van der Waals surface area contributed by atoms with Crippen LogP contribution in [0.15, 0.2) is 24.3 Å². The number of ether oxygens (including phenoxy) is 2. The first-order chi connectivity index (χ1) is 19.4. The van der Waals surface area contributed by atoms with Crippen LogP contribution in [0.5, 0.6) is 11.5 Å². The predicted octanol–water partition coefficient (Wildman–Crippen LogP) is 5.83. The van der Waals surface area contributed by atoms with Gasteiger partial charge < -0.3 is 25.0 Å². The van der Waals surface area contributed by atoms with Crippen LogP contribution >= 0.6 is 98.2 Å². The van der Waals surface area contributed by atoms with Crippen LogP contribution in [0.3, 0.4) is 0 Å². The van der Waals surface area contributed by atoms with E-state index in [2.05, 4.69) is 101 Å². The molecule has 1 unspecified atom stereocenters. The van der Waals surface area contributed by atoms with Gasteiger partial charge in [-0.1, -0.05) is 6.92 Å². The van der Waals surface area contributed by atoms with Crippen LogP contribution in [0.2, 0.25) is 0 Å². The number of rotatable bonds is 17. The molecule has 41 heavy (non-hydrogen) atoms. The Morgan fingerprint density at radius 3 is 1.76 bits per heavy atom. The standard InChI is InChI=1S/C26H33I4N2O8P/c1-4-9-39-41(35,36)40-15-18(32-24(34)8-6-17-12-21(29)26(38-3)22(30)13-17)14-31-23(33)7-5-16-10-19(27)25(37-2)20(28)11-16/h10-13,18H,4-9,14-15H2,1-3H3,(H,31,33)(H,32,34)(H,35,36)/t18-/m1/s1. The van der Waals surface area contributed by atoms with Crippen LogP contribution in [-0.2, 0) is 36.0 Å².